The minimum atomic E-state index is -5.06. The topological polar surface area (TPSA) is 67.4 Å². The average Bonchev–Trinajstić information content (AvgIpc) is 3.51. The normalized spacial score (nSPS) is 11.9. The number of nitriles is 1. The summed E-state index contributed by atoms with van der Waals surface area (Å²) in [6.07, 6.45) is -10.1. The van der Waals surface area contributed by atoms with Crippen molar-refractivity contribution >= 4 is 21.8 Å². The van der Waals surface area contributed by atoms with Gasteiger partial charge in [0, 0.05) is 33.2 Å². The van der Waals surface area contributed by atoms with E-state index < -0.39 is 23.5 Å². The molecule has 0 N–H and O–H groups in total. The van der Waals surface area contributed by atoms with Gasteiger partial charge in [-0.15, -0.1) is 0 Å². The average molecular weight is 712 g/mol. The number of aromatic nitrogens is 4. The molecule has 53 heavy (non-hydrogen) atoms. The van der Waals surface area contributed by atoms with Gasteiger partial charge in [-0.1, -0.05) is 84.9 Å². The molecule has 0 atom stereocenters. The highest BCUT2D eigenvalue weighted by atomic mass is 19.4. The molecule has 0 radical (unpaired) electrons. The van der Waals surface area contributed by atoms with Crippen LogP contribution in [-0.4, -0.2) is 19.5 Å². The molecule has 258 valence electrons. The van der Waals surface area contributed by atoms with Crippen LogP contribution in [0.5, 0.6) is 0 Å². The zero-order valence-electron chi connectivity index (χ0n) is 27.3. The molecule has 8 rings (SSSR count). The first-order valence-corrected chi connectivity index (χ1v) is 16.2. The fourth-order valence-corrected chi connectivity index (χ4v) is 6.47. The van der Waals surface area contributed by atoms with Crippen molar-refractivity contribution in [2.24, 2.45) is 0 Å². The Bertz CT molecular complexity index is 2620. The van der Waals surface area contributed by atoms with E-state index >= 15 is 0 Å². The van der Waals surface area contributed by atoms with E-state index in [1.54, 1.807) is 78.9 Å². The van der Waals surface area contributed by atoms with Gasteiger partial charge in [-0.05, 0) is 65.7 Å². The van der Waals surface area contributed by atoms with Crippen LogP contribution in [0, 0.1) is 11.3 Å². The standard InChI is InChI=1S/C42H23F6N5/c43-41(44,45)29-20-28(21-30(22-29)42(46,47)48)32-17-16-31(53-36-14-8-7-13-33(36)34-19-25(24-49)15-18-37(34)53)23-35(32)40-51-38(26-9-3-1-4-10-26)50-39(52-40)27-11-5-2-6-12-27/h1-23H. The summed E-state index contributed by atoms with van der Waals surface area (Å²) in [5.74, 6) is 0.548. The SMILES string of the molecule is N#Cc1ccc2c(c1)c1ccccc1n2-c1ccc(-c2cc(C(F)(F)F)cc(C(F)(F)F)c2)c(-c2nc(-c3ccccc3)nc(-c3ccccc3)n2)c1. The number of para-hydroxylation sites is 1. The van der Waals surface area contributed by atoms with E-state index in [9.17, 15) is 31.6 Å². The Balaban J connectivity index is 1.46. The van der Waals surface area contributed by atoms with E-state index in [4.69, 9.17) is 15.0 Å². The summed E-state index contributed by atoms with van der Waals surface area (Å²) in [6.45, 7) is 0. The third-order valence-electron chi connectivity index (χ3n) is 8.90. The van der Waals surface area contributed by atoms with Crippen LogP contribution >= 0.6 is 0 Å². The molecule has 0 fully saturated rings. The number of hydrogen-bond donors (Lipinski definition) is 0. The maximum atomic E-state index is 14.1. The fourth-order valence-electron chi connectivity index (χ4n) is 6.47. The molecule has 5 nitrogen and oxygen atoms in total. The van der Waals surface area contributed by atoms with Crippen LogP contribution in [0.15, 0.2) is 140 Å². The summed E-state index contributed by atoms with van der Waals surface area (Å²) < 4.78 is 86.7. The molecule has 0 saturated carbocycles. The van der Waals surface area contributed by atoms with Crippen LogP contribution in [0.3, 0.4) is 0 Å². The van der Waals surface area contributed by atoms with Gasteiger partial charge < -0.3 is 4.57 Å². The molecule has 0 aliphatic rings. The van der Waals surface area contributed by atoms with Gasteiger partial charge in [0.1, 0.15) is 0 Å². The molecular weight excluding hydrogens is 688 g/mol. The van der Waals surface area contributed by atoms with Crippen molar-refractivity contribution in [2.45, 2.75) is 12.4 Å². The number of hydrogen-bond acceptors (Lipinski definition) is 4. The van der Waals surface area contributed by atoms with Gasteiger partial charge in [0.05, 0.1) is 33.8 Å². The molecule has 0 bridgehead atoms. The Morgan fingerprint density at radius 2 is 1.02 bits per heavy atom. The van der Waals surface area contributed by atoms with Crippen molar-refractivity contribution in [2.75, 3.05) is 0 Å². The number of fused-ring (bicyclic) bond motifs is 3. The predicted molar refractivity (Wildman–Crippen MR) is 191 cm³/mol. The lowest BCUT2D eigenvalue weighted by molar-refractivity contribution is -0.143. The van der Waals surface area contributed by atoms with Gasteiger partial charge in [0.15, 0.2) is 17.5 Å². The Kier molecular flexibility index (Phi) is 8.03. The van der Waals surface area contributed by atoms with E-state index in [1.807, 2.05) is 41.0 Å². The summed E-state index contributed by atoms with van der Waals surface area (Å²) >= 11 is 0. The third kappa shape index (κ3) is 6.25. The highest BCUT2D eigenvalue weighted by Gasteiger charge is 2.37. The lowest BCUT2D eigenvalue weighted by atomic mass is 9.94. The first-order chi connectivity index (χ1) is 25.5. The van der Waals surface area contributed by atoms with Crippen molar-refractivity contribution < 1.29 is 26.3 Å². The second-order valence-electron chi connectivity index (χ2n) is 12.3. The smallest absolute Gasteiger partial charge is 0.309 e. The zero-order chi connectivity index (χ0) is 36.9. The lowest BCUT2D eigenvalue weighted by Gasteiger charge is -2.18. The van der Waals surface area contributed by atoms with E-state index in [-0.39, 0.29) is 40.2 Å². The largest absolute Gasteiger partial charge is 0.416 e. The Labute approximate surface area is 298 Å². The number of alkyl halides is 6. The lowest BCUT2D eigenvalue weighted by Crippen LogP contribution is -2.11. The number of halogens is 6. The molecule has 0 amide bonds. The van der Waals surface area contributed by atoms with Crippen molar-refractivity contribution in [3.05, 3.63) is 156 Å². The van der Waals surface area contributed by atoms with E-state index in [0.29, 0.717) is 34.5 Å². The van der Waals surface area contributed by atoms with Crippen LogP contribution in [0.25, 0.3) is 72.8 Å². The monoisotopic (exact) mass is 711 g/mol. The summed E-state index contributed by atoms with van der Waals surface area (Å²) in [5, 5.41) is 11.3. The summed E-state index contributed by atoms with van der Waals surface area (Å²) in [4.78, 5) is 14.3. The van der Waals surface area contributed by atoms with Gasteiger partial charge in [0.2, 0.25) is 0 Å². The van der Waals surface area contributed by atoms with Crippen LogP contribution < -0.4 is 0 Å². The van der Waals surface area contributed by atoms with Crippen LogP contribution in [0.4, 0.5) is 26.3 Å². The Morgan fingerprint density at radius 3 is 1.60 bits per heavy atom. The Morgan fingerprint density at radius 1 is 0.472 bits per heavy atom. The molecule has 11 heteroatoms. The second kappa shape index (κ2) is 12.8. The van der Waals surface area contributed by atoms with Crippen LogP contribution in [0.2, 0.25) is 0 Å². The Hall–Kier alpha value is -6.80. The van der Waals surface area contributed by atoms with Gasteiger partial charge in [-0.25, -0.2) is 15.0 Å². The van der Waals surface area contributed by atoms with Gasteiger partial charge in [0.25, 0.3) is 0 Å². The third-order valence-corrected chi connectivity index (χ3v) is 8.90. The highest BCUT2D eigenvalue weighted by molar-refractivity contribution is 6.09. The van der Waals surface area contributed by atoms with Crippen molar-refractivity contribution in [1.82, 2.24) is 19.5 Å². The molecule has 0 spiro atoms. The minimum absolute atomic E-state index is 0.0352. The molecule has 6 aromatic carbocycles. The predicted octanol–water partition coefficient (Wildman–Crippen LogP) is 11.5. The quantitative estimate of drug-likeness (QED) is 0.167. The minimum Gasteiger partial charge on any atom is -0.309 e. The van der Waals surface area contributed by atoms with Crippen molar-refractivity contribution in [3.63, 3.8) is 0 Å². The molecule has 8 aromatic rings. The summed E-state index contributed by atoms with van der Waals surface area (Å²) in [7, 11) is 0. The van der Waals surface area contributed by atoms with Gasteiger partial charge in [-0.3, -0.25) is 0 Å². The van der Waals surface area contributed by atoms with Crippen LogP contribution in [0.1, 0.15) is 16.7 Å². The fraction of sp³-hybridized carbons (Fsp3) is 0.0476. The number of nitrogens with zero attached hydrogens (tertiary/aromatic N) is 5. The molecule has 2 aromatic heterocycles. The van der Waals surface area contributed by atoms with E-state index in [1.165, 1.54) is 6.07 Å². The number of rotatable bonds is 5. The summed E-state index contributed by atoms with van der Waals surface area (Å²) in [6, 6.07) is 39.2. The van der Waals surface area contributed by atoms with Crippen molar-refractivity contribution in [3.8, 4) is 57.0 Å². The molecule has 0 unspecified atom stereocenters. The zero-order valence-corrected chi connectivity index (χ0v) is 27.3. The molecule has 2 heterocycles. The molecule has 0 aliphatic heterocycles. The van der Waals surface area contributed by atoms with Crippen molar-refractivity contribution in [1.29, 1.82) is 5.26 Å². The van der Waals surface area contributed by atoms with Gasteiger partial charge >= 0.3 is 12.4 Å². The van der Waals surface area contributed by atoms with Crippen LogP contribution in [-0.2, 0) is 12.4 Å². The molecular formula is C42H23F6N5. The van der Waals surface area contributed by atoms with Gasteiger partial charge in [-0.2, -0.15) is 31.6 Å². The first-order valence-electron chi connectivity index (χ1n) is 16.2. The van der Waals surface area contributed by atoms with E-state index in [0.717, 1.165) is 21.8 Å². The first kappa shape index (κ1) is 33.3. The maximum Gasteiger partial charge on any atom is 0.416 e. The molecule has 0 aliphatic carbocycles. The summed E-state index contributed by atoms with van der Waals surface area (Å²) in [5.41, 5.74) is 0.732. The number of benzene rings is 6. The maximum absolute atomic E-state index is 14.1. The second-order valence-corrected chi connectivity index (χ2v) is 12.3. The highest BCUT2D eigenvalue weighted by Crippen LogP contribution is 2.42. The van der Waals surface area contributed by atoms with E-state index in [2.05, 4.69) is 6.07 Å². The molecule has 0 saturated heterocycles.